The fourth-order valence-corrected chi connectivity index (χ4v) is 4.84. The molecule has 218 valence electrons. The number of nitrogens with zero attached hydrogens (tertiary/aromatic N) is 5. The molecule has 0 aromatic heterocycles. The number of aliphatic hydroxyl groups is 1. The first-order chi connectivity index (χ1) is 20.1. The summed E-state index contributed by atoms with van der Waals surface area (Å²) in [6.07, 6.45) is 1.59. The van der Waals surface area contributed by atoms with Crippen LogP contribution in [0.4, 0.5) is 0 Å². The molecule has 2 heterocycles. The van der Waals surface area contributed by atoms with Crippen LogP contribution in [-0.4, -0.2) is 80.0 Å². The van der Waals surface area contributed by atoms with Crippen LogP contribution in [0.3, 0.4) is 0 Å². The van der Waals surface area contributed by atoms with Crippen LogP contribution in [-0.2, 0) is 20.8 Å². The number of ether oxygens (including phenoxy) is 3. The summed E-state index contributed by atoms with van der Waals surface area (Å²) in [6, 6.07) is 14.6. The minimum absolute atomic E-state index is 0.0563. The van der Waals surface area contributed by atoms with Crippen molar-refractivity contribution in [1.29, 1.82) is 0 Å². The van der Waals surface area contributed by atoms with Gasteiger partial charge in [-0.05, 0) is 40.9 Å². The van der Waals surface area contributed by atoms with Crippen molar-refractivity contribution in [2.45, 2.75) is 31.0 Å². The molecule has 0 saturated carbocycles. The lowest BCUT2D eigenvalue weighted by Crippen LogP contribution is -2.54. The number of rotatable bonds is 15. The Labute approximate surface area is 239 Å². The van der Waals surface area contributed by atoms with Crippen molar-refractivity contribution < 1.29 is 24.1 Å². The number of morpholine rings is 1. The average molecular weight is 564 g/mol. The SMILES string of the molecule is C=CC[C@]1(C(=O)NNCCN2CCOCC2)N=C(c2ccc(OCCCO)cc2)O[C@H]1c1ccccc1CN=[N+]=[N-]. The van der Waals surface area contributed by atoms with Gasteiger partial charge in [-0.1, -0.05) is 35.5 Å². The quantitative estimate of drug-likeness (QED) is 0.0752. The minimum atomic E-state index is -1.37. The Hall–Kier alpha value is -3.93. The van der Waals surface area contributed by atoms with E-state index in [1.54, 1.807) is 18.2 Å². The van der Waals surface area contributed by atoms with E-state index in [0.29, 0.717) is 55.6 Å². The molecule has 0 radical (unpaired) electrons. The molecule has 12 nitrogen and oxygen atoms in total. The minimum Gasteiger partial charge on any atom is -0.494 e. The molecule has 12 heteroatoms. The maximum atomic E-state index is 13.9. The van der Waals surface area contributed by atoms with Crippen molar-refractivity contribution in [2.75, 3.05) is 52.6 Å². The molecular formula is C29H37N7O5. The van der Waals surface area contributed by atoms with E-state index in [4.69, 9.17) is 29.8 Å². The maximum absolute atomic E-state index is 13.9. The Bertz CT molecular complexity index is 1240. The summed E-state index contributed by atoms with van der Waals surface area (Å²) in [7, 11) is 0. The van der Waals surface area contributed by atoms with Crippen molar-refractivity contribution in [2.24, 2.45) is 10.1 Å². The van der Waals surface area contributed by atoms with Crippen LogP contribution < -0.4 is 15.6 Å². The van der Waals surface area contributed by atoms with Gasteiger partial charge in [-0.2, -0.15) is 0 Å². The number of hydrogen-bond donors (Lipinski definition) is 3. The van der Waals surface area contributed by atoms with E-state index >= 15 is 0 Å². The van der Waals surface area contributed by atoms with E-state index in [-0.39, 0.29) is 25.5 Å². The Morgan fingerprint density at radius 2 is 2.05 bits per heavy atom. The van der Waals surface area contributed by atoms with Crippen molar-refractivity contribution in [3.8, 4) is 5.75 Å². The van der Waals surface area contributed by atoms with Gasteiger partial charge in [0, 0.05) is 56.1 Å². The predicted octanol–water partition coefficient (Wildman–Crippen LogP) is 3.04. The summed E-state index contributed by atoms with van der Waals surface area (Å²) in [5.41, 5.74) is 15.6. The predicted molar refractivity (Wildman–Crippen MR) is 154 cm³/mol. The van der Waals surface area contributed by atoms with Crippen LogP contribution >= 0.6 is 0 Å². The fourth-order valence-electron chi connectivity index (χ4n) is 4.84. The molecule has 2 aromatic carbocycles. The second-order valence-electron chi connectivity index (χ2n) is 9.70. The summed E-state index contributed by atoms with van der Waals surface area (Å²) < 4.78 is 17.5. The lowest BCUT2D eigenvalue weighted by Gasteiger charge is -2.31. The van der Waals surface area contributed by atoms with E-state index in [1.807, 2.05) is 36.4 Å². The van der Waals surface area contributed by atoms with Gasteiger partial charge in [-0.3, -0.25) is 15.1 Å². The average Bonchev–Trinajstić information content (AvgIpc) is 3.40. The Morgan fingerprint density at radius 3 is 2.78 bits per heavy atom. The highest BCUT2D eigenvalue weighted by atomic mass is 16.5. The van der Waals surface area contributed by atoms with Gasteiger partial charge in [0.05, 0.1) is 26.4 Å². The largest absolute Gasteiger partial charge is 0.494 e. The summed E-state index contributed by atoms with van der Waals surface area (Å²) in [4.78, 5) is 24.0. The highest BCUT2D eigenvalue weighted by Gasteiger charge is 2.53. The van der Waals surface area contributed by atoms with E-state index in [9.17, 15) is 4.79 Å². The Balaban J connectivity index is 1.61. The number of aliphatic imine (C=N–C) groups is 1. The van der Waals surface area contributed by atoms with Gasteiger partial charge in [0.25, 0.3) is 5.91 Å². The number of nitrogens with one attached hydrogen (secondary N) is 2. The molecule has 1 amide bonds. The summed E-state index contributed by atoms with van der Waals surface area (Å²) in [6.45, 7) is 8.89. The van der Waals surface area contributed by atoms with Gasteiger partial charge in [-0.25, -0.2) is 10.4 Å². The Kier molecular flexibility index (Phi) is 11.1. The molecule has 2 aliphatic rings. The van der Waals surface area contributed by atoms with E-state index < -0.39 is 11.6 Å². The monoisotopic (exact) mass is 563 g/mol. The molecule has 2 atom stereocenters. The van der Waals surface area contributed by atoms with Gasteiger partial charge >= 0.3 is 0 Å². The molecule has 4 rings (SSSR count). The second kappa shape index (κ2) is 15.2. The van der Waals surface area contributed by atoms with Crippen molar-refractivity contribution in [1.82, 2.24) is 15.8 Å². The number of amides is 1. The van der Waals surface area contributed by atoms with E-state index in [0.717, 1.165) is 25.2 Å². The first-order valence-corrected chi connectivity index (χ1v) is 13.7. The first kappa shape index (κ1) is 30.0. The summed E-state index contributed by atoms with van der Waals surface area (Å²) >= 11 is 0. The van der Waals surface area contributed by atoms with Crippen molar-refractivity contribution >= 4 is 11.8 Å². The third kappa shape index (κ3) is 7.63. The standard InChI is InChI=1S/C29H37N7O5/c1-2-12-29(28(38)34-31-13-14-36-15-19-39-20-16-36)26(25-7-4-3-6-23(25)21-32-35-30)41-27(33-29)22-8-10-24(11-9-22)40-18-5-17-37/h2-4,6-11,26,31,37H,1,5,12-21H2,(H,34,38)/t26-,29-/m0/s1. The highest BCUT2D eigenvalue weighted by molar-refractivity contribution is 6.01. The van der Waals surface area contributed by atoms with Crippen LogP contribution in [0.25, 0.3) is 10.4 Å². The first-order valence-electron chi connectivity index (χ1n) is 13.7. The molecule has 3 N–H and O–H groups in total. The third-order valence-electron chi connectivity index (χ3n) is 6.99. The fraction of sp³-hybridized carbons (Fsp3) is 0.448. The van der Waals surface area contributed by atoms with E-state index in [1.165, 1.54) is 0 Å². The number of hydrazine groups is 1. The molecule has 0 bridgehead atoms. The number of aliphatic hydroxyl groups excluding tert-OH is 1. The van der Waals surface area contributed by atoms with Gasteiger partial charge < -0.3 is 19.3 Å². The lowest BCUT2D eigenvalue weighted by molar-refractivity contribution is -0.129. The number of benzene rings is 2. The number of azide groups is 1. The van der Waals surface area contributed by atoms with Gasteiger partial charge in [0.2, 0.25) is 5.90 Å². The van der Waals surface area contributed by atoms with Gasteiger partial charge in [0.1, 0.15) is 5.75 Å². The topological polar surface area (TPSA) is 153 Å². The maximum Gasteiger partial charge on any atom is 0.266 e. The van der Waals surface area contributed by atoms with Gasteiger partial charge in [0.15, 0.2) is 11.6 Å². The lowest BCUT2D eigenvalue weighted by atomic mass is 9.83. The smallest absolute Gasteiger partial charge is 0.266 e. The zero-order valence-electron chi connectivity index (χ0n) is 23.1. The van der Waals surface area contributed by atoms with Crippen LogP contribution in [0.5, 0.6) is 5.75 Å². The van der Waals surface area contributed by atoms with Crippen LogP contribution in [0.15, 0.2) is 71.3 Å². The van der Waals surface area contributed by atoms with Crippen LogP contribution in [0, 0.1) is 0 Å². The molecular weight excluding hydrogens is 526 g/mol. The zero-order valence-corrected chi connectivity index (χ0v) is 23.1. The van der Waals surface area contributed by atoms with Crippen molar-refractivity contribution in [3.63, 3.8) is 0 Å². The third-order valence-corrected chi connectivity index (χ3v) is 6.99. The summed E-state index contributed by atoms with van der Waals surface area (Å²) in [5, 5.41) is 12.7. The number of carbonyl (C=O) groups is 1. The van der Waals surface area contributed by atoms with Crippen molar-refractivity contribution in [3.05, 3.63) is 88.3 Å². The molecule has 2 aliphatic heterocycles. The number of carbonyl (C=O) groups excluding carboxylic acids is 1. The van der Waals surface area contributed by atoms with Crippen LogP contribution in [0.2, 0.25) is 0 Å². The summed E-state index contributed by atoms with van der Waals surface area (Å²) in [5.74, 6) is 0.597. The second-order valence-corrected chi connectivity index (χ2v) is 9.70. The molecule has 41 heavy (non-hydrogen) atoms. The van der Waals surface area contributed by atoms with Crippen LogP contribution in [0.1, 0.15) is 35.6 Å². The molecule has 2 aromatic rings. The number of hydrogen-bond acceptors (Lipinski definition) is 9. The zero-order chi connectivity index (χ0) is 28.9. The van der Waals surface area contributed by atoms with Gasteiger partial charge in [-0.15, -0.1) is 6.58 Å². The highest BCUT2D eigenvalue weighted by Crippen LogP contribution is 2.43. The molecule has 1 saturated heterocycles. The normalized spacial score (nSPS) is 20.4. The molecule has 0 spiro atoms. The molecule has 0 unspecified atom stereocenters. The molecule has 0 aliphatic carbocycles. The Morgan fingerprint density at radius 1 is 1.27 bits per heavy atom. The molecule has 1 fully saturated rings. The van der Waals surface area contributed by atoms with E-state index in [2.05, 4.69) is 32.4 Å².